The summed E-state index contributed by atoms with van der Waals surface area (Å²) in [5, 5.41) is 1.11. The van der Waals surface area contributed by atoms with Crippen LogP contribution >= 0.6 is 11.6 Å². The molecule has 0 aliphatic carbocycles. The van der Waals surface area contributed by atoms with Crippen molar-refractivity contribution < 1.29 is 8.42 Å². The molecule has 1 aromatic carbocycles. The number of halogens is 1. The van der Waals surface area contributed by atoms with E-state index in [0.717, 1.165) is 27.7 Å². The van der Waals surface area contributed by atoms with Crippen LogP contribution in [0.2, 0.25) is 0 Å². The predicted octanol–water partition coefficient (Wildman–Crippen LogP) is 2.58. The Balaban J connectivity index is 2.34. The van der Waals surface area contributed by atoms with Crippen LogP contribution in [-0.2, 0) is 10.0 Å². The van der Waals surface area contributed by atoms with Crippen molar-refractivity contribution >= 4 is 38.2 Å². The Morgan fingerprint density at radius 3 is 2.84 bits per heavy atom. The van der Waals surface area contributed by atoms with Gasteiger partial charge in [0.25, 0.3) is 0 Å². The van der Waals surface area contributed by atoms with Crippen molar-refractivity contribution in [2.45, 2.75) is 12.8 Å². The molecule has 6 heteroatoms. The van der Waals surface area contributed by atoms with Gasteiger partial charge in [0.2, 0.25) is 10.0 Å². The molecule has 1 N–H and O–H groups in total. The van der Waals surface area contributed by atoms with Gasteiger partial charge in [0.05, 0.1) is 11.9 Å². The van der Waals surface area contributed by atoms with Crippen molar-refractivity contribution in [3.8, 4) is 0 Å². The normalized spacial score (nSPS) is 19.1. The van der Waals surface area contributed by atoms with Crippen LogP contribution in [0.1, 0.15) is 17.0 Å². The summed E-state index contributed by atoms with van der Waals surface area (Å²) in [5.74, 6) is 0.465. The number of benzene rings is 1. The van der Waals surface area contributed by atoms with Crippen LogP contribution in [0.3, 0.4) is 0 Å². The van der Waals surface area contributed by atoms with E-state index in [0.29, 0.717) is 12.4 Å². The Morgan fingerprint density at radius 1 is 1.47 bits per heavy atom. The van der Waals surface area contributed by atoms with Crippen LogP contribution < -0.4 is 4.31 Å². The molecule has 1 aliphatic heterocycles. The SMILES string of the molecule is Cc1c[nH]c2ccc3c(c12)C(CCl)CN3S(C)(=O)=O. The Hall–Kier alpha value is -1.20. The molecule has 0 saturated heterocycles. The number of aryl methyl sites for hydroxylation is 1. The lowest BCUT2D eigenvalue weighted by atomic mass is 9.97. The number of fused-ring (bicyclic) bond motifs is 3. The smallest absolute Gasteiger partial charge is 0.232 e. The minimum absolute atomic E-state index is 0.0459. The molecule has 4 nitrogen and oxygen atoms in total. The fourth-order valence-electron chi connectivity index (χ4n) is 2.87. The lowest BCUT2D eigenvalue weighted by Crippen LogP contribution is -2.28. The molecule has 0 fully saturated rings. The van der Waals surface area contributed by atoms with Crippen LogP contribution in [0.25, 0.3) is 10.9 Å². The van der Waals surface area contributed by atoms with Gasteiger partial charge >= 0.3 is 0 Å². The molecule has 1 atom stereocenters. The van der Waals surface area contributed by atoms with Gasteiger partial charge in [0, 0.05) is 35.4 Å². The maximum Gasteiger partial charge on any atom is 0.232 e. The first-order valence-corrected chi connectivity index (χ1v) is 8.46. The van der Waals surface area contributed by atoms with Gasteiger partial charge in [-0.25, -0.2) is 8.42 Å². The van der Waals surface area contributed by atoms with Gasteiger partial charge in [-0.3, -0.25) is 4.31 Å². The monoisotopic (exact) mass is 298 g/mol. The molecule has 1 unspecified atom stereocenters. The molecule has 0 radical (unpaired) electrons. The molecular weight excluding hydrogens is 284 g/mol. The molecule has 0 amide bonds. The van der Waals surface area contributed by atoms with Gasteiger partial charge in [-0.15, -0.1) is 11.6 Å². The molecule has 1 aliphatic rings. The molecule has 3 rings (SSSR count). The zero-order chi connectivity index (χ0) is 13.8. The Kier molecular flexibility index (Phi) is 2.80. The Bertz CT molecular complexity index is 751. The number of hydrogen-bond donors (Lipinski definition) is 1. The number of rotatable bonds is 2. The number of nitrogens with one attached hydrogen (secondary N) is 1. The summed E-state index contributed by atoms with van der Waals surface area (Å²) in [6.07, 6.45) is 3.18. The number of nitrogens with zero attached hydrogens (tertiary/aromatic N) is 1. The predicted molar refractivity (Wildman–Crippen MR) is 78.7 cm³/mol. The van der Waals surface area contributed by atoms with Gasteiger partial charge in [0.1, 0.15) is 0 Å². The van der Waals surface area contributed by atoms with E-state index in [1.807, 2.05) is 25.3 Å². The third kappa shape index (κ3) is 1.83. The van der Waals surface area contributed by atoms with E-state index in [2.05, 4.69) is 4.98 Å². The van der Waals surface area contributed by atoms with Gasteiger partial charge in [-0.2, -0.15) is 0 Å². The zero-order valence-corrected chi connectivity index (χ0v) is 12.3. The second kappa shape index (κ2) is 4.15. The largest absolute Gasteiger partial charge is 0.361 e. The average Bonchev–Trinajstić information content (AvgIpc) is 2.89. The van der Waals surface area contributed by atoms with Crippen molar-refractivity contribution in [3.05, 3.63) is 29.5 Å². The van der Waals surface area contributed by atoms with Gasteiger partial charge in [-0.05, 0) is 30.2 Å². The highest BCUT2D eigenvalue weighted by atomic mass is 35.5. The van der Waals surface area contributed by atoms with E-state index in [1.54, 1.807) is 0 Å². The average molecular weight is 299 g/mol. The standard InChI is InChI=1S/C13H15ClN2O2S/c1-8-6-15-10-3-4-11-13(12(8)10)9(5-14)7-16(11)19(2,17)18/h3-4,6,9,15H,5,7H2,1-2H3. The summed E-state index contributed by atoms with van der Waals surface area (Å²) < 4.78 is 25.2. The molecule has 102 valence electrons. The van der Waals surface area contributed by atoms with Gasteiger partial charge in [-0.1, -0.05) is 0 Å². The van der Waals surface area contributed by atoms with E-state index in [-0.39, 0.29) is 5.92 Å². The number of sulfonamides is 1. The number of hydrogen-bond acceptors (Lipinski definition) is 2. The van der Waals surface area contributed by atoms with Crippen molar-refractivity contribution in [1.29, 1.82) is 0 Å². The lowest BCUT2D eigenvalue weighted by molar-refractivity contribution is 0.596. The molecule has 1 aromatic heterocycles. The van der Waals surface area contributed by atoms with Gasteiger partial charge in [0.15, 0.2) is 0 Å². The van der Waals surface area contributed by atoms with Crippen LogP contribution in [0, 0.1) is 6.92 Å². The quantitative estimate of drug-likeness (QED) is 0.866. The first-order chi connectivity index (χ1) is 8.93. The van der Waals surface area contributed by atoms with Gasteiger partial charge < -0.3 is 4.98 Å². The van der Waals surface area contributed by atoms with E-state index >= 15 is 0 Å². The fraction of sp³-hybridized carbons (Fsp3) is 0.385. The van der Waals surface area contributed by atoms with Crippen LogP contribution in [-0.4, -0.2) is 32.1 Å². The van der Waals surface area contributed by atoms with E-state index in [4.69, 9.17) is 11.6 Å². The van der Waals surface area contributed by atoms with E-state index in [1.165, 1.54) is 10.6 Å². The van der Waals surface area contributed by atoms with E-state index < -0.39 is 10.0 Å². The summed E-state index contributed by atoms with van der Waals surface area (Å²) >= 11 is 6.04. The molecule has 19 heavy (non-hydrogen) atoms. The number of alkyl halides is 1. The minimum Gasteiger partial charge on any atom is -0.361 e. The second-order valence-corrected chi connectivity index (χ2v) is 7.25. The number of aromatic amines is 1. The summed E-state index contributed by atoms with van der Waals surface area (Å²) in [7, 11) is -3.26. The Morgan fingerprint density at radius 2 is 2.21 bits per heavy atom. The van der Waals surface area contributed by atoms with Crippen molar-refractivity contribution in [1.82, 2.24) is 4.98 Å². The minimum atomic E-state index is -3.26. The number of aromatic nitrogens is 1. The third-order valence-corrected chi connectivity index (χ3v) is 5.23. The molecule has 0 bridgehead atoms. The zero-order valence-electron chi connectivity index (χ0n) is 10.8. The fourth-order valence-corrected chi connectivity index (χ4v) is 4.09. The summed E-state index contributed by atoms with van der Waals surface area (Å²) in [5.41, 5.74) is 3.97. The third-order valence-electron chi connectivity index (χ3n) is 3.71. The molecule has 2 aromatic rings. The molecule has 0 spiro atoms. The van der Waals surface area contributed by atoms with Crippen molar-refractivity contribution in [2.24, 2.45) is 0 Å². The molecule has 2 heterocycles. The summed E-state index contributed by atoms with van der Waals surface area (Å²) in [6, 6.07) is 3.79. The number of H-pyrrole nitrogens is 1. The maximum atomic E-state index is 11.9. The highest BCUT2D eigenvalue weighted by Gasteiger charge is 2.35. The first kappa shape index (κ1) is 12.8. The summed E-state index contributed by atoms with van der Waals surface area (Å²) in [6.45, 7) is 2.45. The van der Waals surface area contributed by atoms with Crippen molar-refractivity contribution in [2.75, 3.05) is 23.0 Å². The summed E-state index contributed by atoms with van der Waals surface area (Å²) in [4.78, 5) is 3.20. The maximum absolute atomic E-state index is 11.9. The molecular formula is C13H15ClN2O2S. The van der Waals surface area contributed by atoms with E-state index in [9.17, 15) is 8.42 Å². The van der Waals surface area contributed by atoms with Crippen molar-refractivity contribution in [3.63, 3.8) is 0 Å². The van der Waals surface area contributed by atoms with Crippen LogP contribution in [0.4, 0.5) is 5.69 Å². The number of anilines is 1. The second-order valence-electron chi connectivity index (χ2n) is 5.04. The molecule has 0 saturated carbocycles. The first-order valence-electron chi connectivity index (χ1n) is 6.07. The highest BCUT2D eigenvalue weighted by molar-refractivity contribution is 7.92. The Labute approximate surface area is 117 Å². The van der Waals surface area contributed by atoms with Crippen LogP contribution in [0.15, 0.2) is 18.3 Å². The topological polar surface area (TPSA) is 53.2 Å². The van der Waals surface area contributed by atoms with Crippen LogP contribution in [0.5, 0.6) is 0 Å². The lowest BCUT2D eigenvalue weighted by Gasteiger charge is -2.16. The highest BCUT2D eigenvalue weighted by Crippen LogP contribution is 2.43.